The number of alkyl halides is 3. The fourth-order valence-corrected chi connectivity index (χ4v) is 3.11. The summed E-state index contributed by atoms with van der Waals surface area (Å²) < 4.78 is 56.5. The van der Waals surface area contributed by atoms with E-state index < -0.39 is 18.4 Å². The van der Waals surface area contributed by atoms with Crippen molar-refractivity contribution < 1.29 is 27.1 Å². The van der Waals surface area contributed by atoms with Gasteiger partial charge in [0.1, 0.15) is 5.82 Å². The highest BCUT2D eigenvalue weighted by Gasteiger charge is 2.40. The van der Waals surface area contributed by atoms with E-state index in [4.69, 9.17) is 0 Å². The standard InChI is InChI=1S/C21H22F4N2O2/c1-15(21(23,24)25)29-20(28)27-11-9-26(10-12-27)14-18-8-7-17(13-19(18)22)16-5-3-2-4-6-16/h2-8,13,15H,9-12,14H2,1H3. The lowest BCUT2D eigenvalue weighted by Crippen LogP contribution is -2.49. The summed E-state index contributed by atoms with van der Waals surface area (Å²) in [6.07, 6.45) is -7.71. The number of ether oxygens (including phenoxy) is 1. The zero-order chi connectivity index (χ0) is 21.0. The summed E-state index contributed by atoms with van der Waals surface area (Å²) in [4.78, 5) is 15.1. The Morgan fingerprint density at radius 3 is 2.28 bits per heavy atom. The molecule has 4 nitrogen and oxygen atoms in total. The van der Waals surface area contributed by atoms with E-state index in [1.807, 2.05) is 41.3 Å². The smallest absolute Gasteiger partial charge is 0.425 e. The number of nitrogens with zero attached hydrogens (tertiary/aromatic N) is 2. The summed E-state index contributed by atoms with van der Waals surface area (Å²) in [7, 11) is 0. The molecule has 1 saturated heterocycles. The second-order valence-electron chi connectivity index (χ2n) is 7.00. The van der Waals surface area contributed by atoms with Gasteiger partial charge >= 0.3 is 12.3 Å². The first-order chi connectivity index (χ1) is 13.7. The number of amides is 1. The van der Waals surface area contributed by atoms with E-state index in [9.17, 15) is 22.4 Å². The van der Waals surface area contributed by atoms with Crippen molar-refractivity contribution in [3.8, 4) is 11.1 Å². The van der Waals surface area contributed by atoms with Crippen LogP contribution in [0.2, 0.25) is 0 Å². The van der Waals surface area contributed by atoms with Crippen LogP contribution in [0.5, 0.6) is 0 Å². The van der Waals surface area contributed by atoms with Gasteiger partial charge in [-0.1, -0.05) is 42.5 Å². The van der Waals surface area contributed by atoms with E-state index >= 15 is 0 Å². The molecule has 0 N–H and O–H groups in total. The molecule has 1 atom stereocenters. The van der Waals surface area contributed by atoms with E-state index in [-0.39, 0.29) is 18.9 Å². The van der Waals surface area contributed by atoms with Crippen LogP contribution in [0, 0.1) is 5.82 Å². The van der Waals surface area contributed by atoms with Gasteiger partial charge in [-0.15, -0.1) is 0 Å². The Labute approximate surface area is 166 Å². The van der Waals surface area contributed by atoms with Crippen molar-refractivity contribution in [2.24, 2.45) is 0 Å². The molecule has 1 unspecified atom stereocenters. The van der Waals surface area contributed by atoms with Gasteiger partial charge in [-0.05, 0) is 24.1 Å². The van der Waals surface area contributed by atoms with Crippen molar-refractivity contribution in [3.05, 3.63) is 59.9 Å². The van der Waals surface area contributed by atoms with Crippen molar-refractivity contribution in [2.75, 3.05) is 26.2 Å². The Morgan fingerprint density at radius 2 is 1.69 bits per heavy atom. The molecular formula is C21H22F4N2O2. The number of rotatable bonds is 4. The van der Waals surface area contributed by atoms with Gasteiger partial charge in [0.15, 0.2) is 6.10 Å². The highest BCUT2D eigenvalue weighted by molar-refractivity contribution is 5.68. The molecule has 0 spiro atoms. The molecule has 8 heteroatoms. The predicted octanol–water partition coefficient (Wildman–Crippen LogP) is 4.70. The molecule has 1 aliphatic heterocycles. The monoisotopic (exact) mass is 410 g/mol. The average Bonchev–Trinajstić information content (AvgIpc) is 2.70. The molecule has 1 amide bonds. The van der Waals surface area contributed by atoms with E-state index in [1.54, 1.807) is 6.07 Å². The first kappa shape index (κ1) is 21.1. The van der Waals surface area contributed by atoms with E-state index in [0.29, 0.717) is 25.2 Å². The SMILES string of the molecule is CC(OC(=O)N1CCN(Cc2ccc(-c3ccccc3)cc2F)CC1)C(F)(F)F. The lowest BCUT2D eigenvalue weighted by Gasteiger charge is -2.34. The van der Waals surface area contributed by atoms with Crippen LogP contribution in [-0.4, -0.2) is 54.4 Å². The fraction of sp³-hybridized carbons (Fsp3) is 0.381. The third-order valence-corrected chi connectivity index (χ3v) is 4.92. The van der Waals surface area contributed by atoms with Crippen LogP contribution in [0.15, 0.2) is 48.5 Å². The first-order valence-electron chi connectivity index (χ1n) is 9.32. The molecule has 29 heavy (non-hydrogen) atoms. The third-order valence-electron chi connectivity index (χ3n) is 4.92. The van der Waals surface area contributed by atoms with Crippen molar-refractivity contribution in [2.45, 2.75) is 25.7 Å². The van der Waals surface area contributed by atoms with Gasteiger partial charge in [-0.25, -0.2) is 9.18 Å². The number of benzene rings is 2. The molecule has 2 aromatic carbocycles. The number of hydrogen-bond acceptors (Lipinski definition) is 3. The summed E-state index contributed by atoms with van der Waals surface area (Å²) in [5.74, 6) is -0.313. The molecule has 1 aliphatic rings. The van der Waals surface area contributed by atoms with Crippen LogP contribution < -0.4 is 0 Å². The average molecular weight is 410 g/mol. The van der Waals surface area contributed by atoms with Gasteiger partial charge in [0.25, 0.3) is 0 Å². The van der Waals surface area contributed by atoms with Gasteiger partial charge in [0.05, 0.1) is 0 Å². The molecule has 1 heterocycles. The van der Waals surface area contributed by atoms with Gasteiger partial charge < -0.3 is 9.64 Å². The molecule has 1 fully saturated rings. The Bertz CT molecular complexity index is 834. The quantitative estimate of drug-likeness (QED) is 0.685. The maximum absolute atomic E-state index is 14.5. The van der Waals surface area contributed by atoms with Crippen molar-refractivity contribution >= 4 is 6.09 Å². The number of carbonyl (C=O) groups is 1. The van der Waals surface area contributed by atoms with Crippen LogP contribution in [0.4, 0.5) is 22.4 Å². The molecule has 3 rings (SSSR count). The second-order valence-corrected chi connectivity index (χ2v) is 7.00. The minimum absolute atomic E-state index is 0.229. The van der Waals surface area contributed by atoms with Crippen LogP contribution in [-0.2, 0) is 11.3 Å². The Kier molecular flexibility index (Phi) is 6.42. The summed E-state index contributed by atoms with van der Waals surface area (Å²) in [6.45, 7) is 2.48. The lowest BCUT2D eigenvalue weighted by atomic mass is 10.0. The predicted molar refractivity (Wildman–Crippen MR) is 101 cm³/mol. The zero-order valence-corrected chi connectivity index (χ0v) is 16.0. The zero-order valence-electron chi connectivity index (χ0n) is 16.0. The van der Waals surface area contributed by atoms with Gasteiger partial charge in [-0.2, -0.15) is 13.2 Å². The minimum Gasteiger partial charge on any atom is -0.437 e. The van der Waals surface area contributed by atoms with Crippen LogP contribution >= 0.6 is 0 Å². The second kappa shape index (κ2) is 8.82. The highest BCUT2D eigenvalue weighted by Crippen LogP contribution is 2.24. The maximum atomic E-state index is 14.5. The lowest BCUT2D eigenvalue weighted by molar-refractivity contribution is -0.200. The Balaban J connectivity index is 1.54. The Hall–Kier alpha value is -2.61. The number of carbonyl (C=O) groups excluding carboxylic acids is 1. The van der Waals surface area contributed by atoms with Gasteiger partial charge in [0, 0.05) is 38.3 Å². The van der Waals surface area contributed by atoms with E-state index in [1.165, 1.54) is 11.0 Å². The molecule has 0 saturated carbocycles. The summed E-state index contributed by atoms with van der Waals surface area (Å²) in [5.41, 5.74) is 2.25. The van der Waals surface area contributed by atoms with Crippen molar-refractivity contribution in [3.63, 3.8) is 0 Å². The van der Waals surface area contributed by atoms with Crippen molar-refractivity contribution in [1.82, 2.24) is 9.80 Å². The Morgan fingerprint density at radius 1 is 1.03 bits per heavy atom. The molecule has 2 aromatic rings. The van der Waals surface area contributed by atoms with Crippen LogP contribution in [0.1, 0.15) is 12.5 Å². The topological polar surface area (TPSA) is 32.8 Å². The van der Waals surface area contributed by atoms with Gasteiger partial charge in [-0.3, -0.25) is 4.90 Å². The number of hydrogen-bond donors (Lipinski definition) is 0. The summed E-state index contributed by atoms with van der Waals surface area (Å²) in [6, 6.07) is 14.6. The van der Waals surface area contributed by atoms with E-state index in [2.05, 4.69) is 4.74 Å². The third kappa shape index (κ3) is 5.47. The fourth-order valence-electron chi connectivity index (χ4n) is 3.11. The van der Waals surface area contributed by atoms with Gasteiger partial charge in [0.2, 0.25) is 0 Å². The molecule has 0 radical (unpaired) electrons. The van der Waals surface area contributed by atoms with Crippen LogP contribution in [0.25, 0.3) is 11.1 Å². The first-order valence-corrected chi connectivity index (χ1v) is 9.32. The summed E-state index contributed by atoms with van der Waals surface area (Å²) in [5, 5.41) is 0. The number of halogens is 4. The highest BCUT2D eigenvalue weighted by atomic mass is 19.4. The normalized spacial score (nSPS) is 16.5. The van der Waals surface area contributed by atoms with Crippen molar-refractivity contribution in [1.29, 1.82) is 0 Å². The molecule has 156 valence electrons. The van der Waals surface area contributed by atoms with Crippen LogP contribution in [0.3, 0.4) is 0 Å². The molecule has 0 bridgehead atoms. The summed E-state index contributed by atoms with van der Waals surface area (Å²) >= 11 is 0. The number of piperazine rings is 1. The molecule has 0 aromatic heterocycles. The minimum atomic E-state index is -4.58. The largest absolute Gasteiger partial charge is 0.437 e. The maximum Gasteiger partial charge on any atom is 0.425 e. The molecule has 0 aliphatic carbocycles. The van der Waals surface area contributed by atoms with E-state index in [0.717, 1.165) is 18.1 Å². The molecular weight excluding hydrogens is 388 g/mol.